The monoisotopic (exact) mass is 425 g/mol. The number of rotatable bonds is 5. The third kappa shape index (κ3) is 3.99. The van der Waals surface area contributed by atoms with Gasteiger partial charge in [-0.1, -0.05) is 49.4 Å². The Hall–Kier alpha value is -2.67. The minimum atomic E-state index is -3.70. The summed E-state index contributed by atoms with van der Waals surface area (Å²) >= 11 is 0. The molecule has 30 heavy (non-hydrogen) atoms. The molecule has 158 valence electrons. The number of sulfonamides is 1. The SMILES string of the molecule is CC[C@H](CNC(=O)[C@H]1CCCCN1C1=NS(=O)(=O)c2ccccc21)c1ccccc1. The molecule has 2 atom stereocenters. The van der Waals surface area contributed by atoms with Crippen molar-refractivity contribution in [3.63, 3.8) is 0 Å². The largest absolute Gasteiger partial charge is 0.354 e. The highest BCUT2D eigenvalue weighted by Gasteiger charge is 2.37. The molecule has 1 amide bonds. The van der Waals surface area contributed by atoms with E-state index in [-0.39, 0.29) is 16.7 Å². The molecular formula is C23H27N3O3S. The third-order valence-electron chi connectivity index (χ3n) is 5.98. The molecule has 0 spiro atoms. The van der Waals surface area contributed by atoms with Gasteiger partial charge in [-0.05, 0) is 43.4 Å². The van der Waals surface area contributed by atoms with Gasteiger partial charge in [0.1, 0.15) is 10.9 Å². The number of nitrogens with zero attached hydrogens (tertiary/aromatic N) is 2. The van der Waals surface area contributed by atoms with Gasteiger partial charge in [0, 0.05) is 24.6 Å². The molecule has 0 saturated carbocycles. The summed E-state index contributed by atoms with van der Waals surface area (Å²) in [7, 11) is -3.70. The van der Waals surface area contributed by atoms with E-state index in [1.807, 2.05) is 23.1 Å². The average Bonchev–Trinajstić information content (AvgIpc) is 3.06. The van der Waals surface area contributed by atoms with Gasteiger partial charge in [-0.25, -0.2) is 0 Å². The number of benzene rings is 2. The van der Waals surface area contributed by atoms with Crippen molar-refractivity contribution >= 4 is 21.8 Å². The maximum absolute atomic E-state index is 13.1. The number of hydrogen-bond acceptors (Lipinski definition) is 4. The first-order valence-corrected chi connectivity index (χ1v) is 12.0. The van der Waals surface area contributed by atoms with Gasteiger partial charge in [-0.3, -0.25) is 4.79 Å². The van der Waals surface area contributed by atoms with E-state index >= 15 is 0 Å². The molecule has 0 aromatic heterocycles. The van der Waals surface area contributed by atoms with Crippen molar-refractivity contribution in [3.05, 3.63) is 65.7 Å². The number of likely N-dealkylation sites (tertiary alicyclic amines) is 1. The molecule has 2 aliphatic heterocycles. The summed E-state index contributed by atoms with van der Waals surface area (Å²) in [6.45, 7) is 3.30. The van der Waals surface area contributed by atoms with Crippen LogP contribution in [-0.4, -0.2) is 44.2 Å². The topological polar surface area (TPSA) is 78.8 Å². The van der Waals surface area contributed by atoms with Gasteiger partial charge in [-0.15, -0.1) is 4.40 Å². The lowest BCUT2D eigenvalue weighted by molar-refractivity contribution is -0.126. The van der Waals surface area contributed by atoms with Gasteiger partial charge < -0.3 is 10.2 Å². The van der Waals surface area contributed by atoms with E-state index in [1.54, 1.807) is 24.3 Å². The molecule has 2 heterocycles. The van der Waals surface area contributed by atoms with Crippen LogP contribution in [0.1, 0.15) is 49.7 Å². The molecule has 1 saturated heterocycles. The molecule has 2 aromatic rings. The number of carbonyl (C=O) groups is 1. The van der Waals surface area contributed by atoms with Gasteiger partial charge in [0.05, 0.1) is 0 Å². The lowest BCUT2D eigenvalue weighted by Crippen LogP contribution is -2.52. The van der Waals surface area contributed by atoms with Crippen LogP contribution in [0.2, 0.25) is 0 Å². The van der Waals surface area contributed by atoms with Crippen LogP contribution in [0.25, 0.3) is 0 Å². The highest BCUT2D eigenvalue weighted by Crippen LogP contribution is 2.30. The molecule has 0 radical (unpaired) electrons. The Morgan fingerprint density at radius 2 is 1.87 bits per heavy atom. The first-order valence-electron chi connectivity index (χ1n) is 10.5. The third-order valence-corrected chi connectivity index (χ3v) is 7.30. The lowest BCUT2D eigenvalue weighted by Gasteiger charge is -2.36. The van der Waals surface area contributed by atoms with E-state index in [0.717, 1.165) is 19.3 Å². The number of amidine groups is 1. The number of carbonyl (C=O) groups excluding carboxylic acids is 1. The summed E-state index contributed by atoms with van der Waals surface area (Å²) in [4.78, 5) is 15.2. The van der Waals surface area contributed by atoms with Gasteiger partial charge in [0.2, 0.25) is 5.91 Å². The Morgan fingerprint density at radius 3 is 2.63 bits per heavy atom. The van der Waals surface area contributed by atoms with Crippen LogP contribution in [0.15, 0.2) is 63.9 Å². The Kier molecular flexibility index (Phi) is 5.90. The molecule has 6 nitrogen and oxygen atoms in total. The standard InChI is InChI=1S/C23H27N3O3S/c1-2-17(18-10-4-3-5-11-18)16-24-23(27)20-13-8-9-15-26(20)22-19-12-6-7-14-21(19)30(28,29)25-22/h3-7,10-12,14,17,20H,2,8-9,13,15-16H2,1H3,(H,24,27)/t17-,20-/m1/s1. The van der Waals surface area contributed by atoms with E-state index < -0.39 is 16.1 Å². The van der Waals surface area contributed by atoms with Gasteiger partial charge in [-0.2, -0.15) is 8.42 Å². The van der Waals surface area contributed by atoms with Crippen molar-refractivity contribution in [1.82, 2.24) is 10.2 Å². The second kappa shape index (κ2) is 8.60. The van der Waals surface area contributed by atoms with E-state index in [9.17, 15) is 13.2 Å². The fourth-order valence-corrected chi connectivity index (χ4v) is 5.54. The van der Waals surface area contributed by atoms with E-state index in [2.05, 4.69) is 28.8 Å². The molecular weight excluding hydrogens is 398 g/mol. The molecule has 4 rings (SSSR count). The zero-order chi connectivity index (χ0) is 21.1. The van der Waals surface area contributed by atoms with Crippen LogP contribution < -0.4 is 5.32 Å². The number of piperidine rings is 1. The van der Waals surface area contributed by atoms with Gasteiger partial charge in [0.15, 0.2) is 5.84 Å². The highest BCUT2D eigenvalue weighted by molar-refractivity contribution is 7.90. The molecule has 0 aliphatic carbocycles. The van der Waals surface area contributed by atoms with Crippen LogP contribution in [0.3, 0.4) is 0 Å². The minimum Gasteiger partial charge on any atom is -0.354 e. The van der Waals surface area contributed by atoms with E-state index in [1.165, 1.54) is 5.56 Å². The van der Waals surface area contributed by atoms with Crippen molar-refractivity contribution in [2.75, 3.05) is 13.1 Å². The fourth-order valence-electron chi connectivity index (χ4n) is 4.32. The molecule has 2 aromatic carbocycles. The minimum absolute atomic E-state index is 0.0615. The van der Waals surface area contributed by atoms with Crippen LogP contribution in [-0.2, 0) is 14.8 Å². The van der Waals surface area contributed by atoms with Crippen molar-refractivity contribution in [3.8, 4) is 0 Å². The quantitative estimate of drug-likeness (QED) is 0.797. The van der Waals surface area contributed by atoms with Crippen molar-refractivity contribution in [2.24, 2.45) is 4.40 Å². The molecule has 1 fully saturated rings. The summed E-state index contributed by atoms with van der Waals surface area (Å²) in [5, 5.41) is 3.11. The smallest absolute Gasteiger partial charge is 0.285 e. The number of fused-ring (bicyclic) bond motifs is 1. The maximum Gasteiger partial charge on any atom is 0.285 e. The van der Waals surface area contributed by atoms with E-state index in [0.29, 0.717) is 30.9 Å². The molecule has 2 aliphatic rings. The predicted molar refractivity (Wildman–Crippen MR) is 117 cm³/mol. The highest BCUT2D eigenvalue weighted by atomic mass is 32.2. The Labute approximate surface area is 178 Å². The molecule has 0 bridgehead atoms. The number of amides is 1. The van der Waals surface area contributed by atoms with Crippen molar-refractivity contribution in [1.29, 1.82) is 0 Å². The van der Waals surface area contributed by atoms with Crippen LogP contribution in [0.4, 0.5) is 0 Å². The Balaban J connectivity index is 1.52. The first kappa shape index (κ1) is 20.6. The average molecular weight is 426 g/mol. The Morgan fingerprint density at radius 1 is 1.13 bits per heavy atom. The molecule has 0 unspecified atom stereocenters. The number of nitrogens with one attached hydrogen (secondary N) is 1. The summed E-state index contributed by atoms with van der Waals surface area (Å²) in [6, 6.07) is 16.6. The second-order valence-corrected chi connectivity index (χ2v) is 9.42. The maximum atomic E-state index is 13.1. The summed E-state index contributed by atoms with van der Waals surface area (Å²) in [6.07, 6.45) is 3.46. The van der Waals surface area contributed by atoms with Crippen molar-refractivity contribution < 1.29 is 13.2 Å². The van der Waals surface area contributed by atoms with Crippen LogP contribution in [0, 0.1) is 0 Å². The second-order valence-electron chi connectivity index (χ2n) is 7.85. The fraction of sp³-hybridized carbons (Fsp3) is 0.391. The van der Waals surface area contributed by atoms with E-state index in [4.69, 9.17) is 0 Å². The summed E-state index contributed by atoms with van der Waals surface area (Å²) in [5.41, 5.74) is 1.80. The van der Waals surface area contributed by atoms with Crippen molar-refractivity contribution in [2.45, 2.75) is 49.5 Å². The normalized spacial score (nSPS) is 20.9. The molecule has 1 N–H and O–H groups in total. The molecule has 7 heteroatoms. The summed E-state index contributed by atoms with van der Waals surface area (Å²) < 4.78 is 29.0. The van der Waals surface area contributed by atoms with Gasteiger partial charge >= 0.3 is 0 Å². The van der Waals surface area contributed by atoms with Crippen LogP contribution in [0.5, 0.6) is 0 Å². The predicted octanol–water partition coefficient (Wildman–Crippen LogP) is 3.30. The summed E-state index contributed by atoms with van der Waals surface area (Å²) in [5.74, 6) is 0.589. The van der Waals surface area contributed by atoms with Crippen LogP contribution >= 0.6 is 0 Å². The first-order chi connectivity index (χ1) is 14.5. The lowest BCUT2D eigenvalue weighted by atomic mass is 9.95. The zero-order valence-corrected chi connectivity index (χ0v) is 17.9. The van der Waals surface area contributed by atoms with Gasteiger partial charge in [0.25, 0.3) is 10.0 Å². The number of hydrogen-bond donors (Lipinski definition) is 1. The Bertz CT molecular complexity index is 1050. The zero-order valence-electron chi connectivity index (χ0n) is 17.1.